The van der Waals surface area contributed by atoms with Gasteiger partial charge in [-0.15, -0.1) is 0 Å². The first-order valence-corrected chi connectivity index (χ1v) is 9.28. The Kier molecular flexibility index (Phi) is 7.16. The van der Waals surface area contributed by atoms with Crippen molar-refractivity contribution in [3.63, 3.8) is 0 Å². The number of benzene rings is 3. The Morgan fingerprint density at radius 1 is 0.897 bits per heavy atom. The largest absolute Gasteiger partial charge is 0.435 e. The first-order valence-electron chi connectivity index (χ1n) is 8.90. The van der Waals surface area contributed by atoms with Crippen molar-refractivity contribution in [3.8, 4) is 5.75 Å². The minimum absolute atomic E-state index is 0.0278. The van der Waals surface area contributed by atoms with Gasteiger partial charge in [0, 0.05) is 0 Å². The molecule has 3 rings (SSSR count). The molecule has 0 aliphatic heterocycles. The molecule has 4 nitrogen and oxygen atoms in total. The Morgan fingerprint density at radius 3 is 2.17 bits per heavy atom. The summed E-state index contributed by atoms with van der Waals surface area (Å²) in [5.74, 6) is -0.177. The van der Waals surface area contributed by atoms with Crippen LogP contribution in [0, 0.1) is 0 Å². The Balaban J connectivity index is 1.73. The van der Waals surface area contributed by atoms with E-state index < -0.39 is 6.61 Å². The van der Waals surface area contributed by atoms with Gasteiger partial charge in [-0.3, -0.25) is 10.1 Å². The molecule has 0 saturated heterocycles. The standard InChI is InChI=1S/C22H19ClF2N2O2/c23-18-8-4-5-9-19(18)27-20(28)14-26-21(15-6-2-1-3-7-15)16-10-12-17(13-11-16)29-22(24)25/h1-13,21-22,26H,14H2,(H,27,28)/t21-/m1/s1. The molecule has 0 spiro atoms. The second-order valence-electron chi connectivity index (χ2n) is 6.20. The monoisotopic (exact) mass is 416 g/mol. The number of ether oxygens (including phenoxy) is 1. The topological polar surface area (TPSA) is 50.4 Å². The Morgan fingerprint density at radius 2 is 1.52 bits per heavy atom. The Bertz CT molecular complexity index is 937. The fraction of sp³-hybridized carbons (Fsp3) is 0.136. The van der Waals surface area contributed by atoms with Gasteiger partial charge in [-0.1, -0.05) is 66.2 Å². The van der Waals surface area contributed by atoms with E-state index in [4.69, 9.17) is 11.6 Å². The van der Waals surface area contributed by atoms with Crippen molar-refractivity contribution in [2.24, 2.45) is 0 Å². The highest BCUT2D eigenvalue weighted by Gasteiger charge is 2.16. The third-order valence-electron chi connectivity index (χ3n) is 4.19. The zero-order valence-corrected chi connectivity index (χ0v) is 16.1. The number of nitrogens with one attached hydrogen (secondary N) is 2. The first-order chi connectivity index (χ1) is 14.0. The predicted octanol–water partition coefficient (Wildman–Crippen LogP) is 5.26. The number of halogens is 3. The Hall–Kier alpha value is -2.96. The molecule has 0 fully saturated rings. The molecular formula is C22H19ClF2N2O2. The van der Waals surface area contributed by atoms with E-state index in [1.807, 2.05) is 30.3 Å². The molecule has 0 saturated carbocycles. The van der Waals surface area contributed by atoms with Gasteiger partial charge in [0.2, 0.25) is 5.91 Å². The number of carbonyl (C=O) groups is 1. The van der Waals surface area contributed by atoms with Gasteiger partial charge in [-0.25, -0.2) is 0 Å². The van der Waals surface area contributed by atoms with Crippen LogP contribution in [-0.2, 0) is 4.79 Å². The number of rotatable bonds is 8. The van der Waals surface area contributed by atoms with Gasteiger partial charge in [0.05, 0.1) is 23.3 Å². The van der Waals surface area contributed by atoms with E-state index in [1.165, 1.54) is 12.1 Å². The normalized spacial score (nSPS) is 11.9. The van der Waals surface area contributed by atoms with E-state index >= 15 is 0 Å². The second-order valence-corrected chi connectivity index (χ2v) is 6.61. The second kappa shape index (κ2) is 10.0. The van der Waals surface area contributed by atoms with Gasteiger partial charge in [-0.05, 0) is 35.4 Å². The van der Waals surface area contributed by atoms with Crippen molar-refractivity contribution in [1.82, 2.24) is 5.32 Å². The predicted molar refractivity (Wildman–Crippen MR) is 109 cm³/mol. The highest BCUT2D eigenvalue weighted by molar-refractivity contribution is 6.33. The molecule has 0 bridgehead atoms. The van der Waals surface area contributed by atoms with Crippen molar-refractivity contribution >= 4 is 23.2 Å². The lowest BCUT2D eigenvalue weighted by atomic mass is 9.98. The van der Waals surface area contributed by atoms with Crippen molar-refractivity contribution < 1.29 is 18.3 Å². The van der Waals surface area contributed by atoms with E-state index in [2.05, 4.69) is 15.4 Å². The summed E-state index contributed by atoms with van der Waals surface area (Å²) in [6, 6.07) is 22.5. The summed E-state index contributed by atoms with van der Waals surface area (Å²) in [4.78, 5) is 12.4. The van der Waals surface area contributed by atoms with Crippen LogP contribution in [0.25, 0.3) is 0 Å². The molecule has 2 N–H and O–H groups in total. The lowest BCUT2D eigenvalue weighted by molar-refractivity contribution is -0.115. The molecular weight excluding hydrogens is 398 g/mol. The van der Waals surface area contributed by atoms with Crippen molar-refractivity contribution in [2.75, 3.05) is 11.9 Å². The number of anilines is 1. The number of hydrogen-bond acceptors (Lipinski definition) is 3. The van der Waals surface area contributed by atoms with E-state index in [0.717, 1.165) is 11.1 Å². The lowest BCUT2D eigenvalue weighted by Crippen LogP contribution is -2.32. The van der Waals surface area contributed by atoms with Crippen LogP contribution < -0.4 is 15.4 Å². The summed E-state index contributed by atoms with van der Waals surface area (Å²) in [7, 11) is 0. The molecule has 150 valence electrons. The summed E-state index contributed by atoms with van der Waals surface area (Å²) in [5, 5.41) is 6.42. The molecule has 0 radical (unpaired) electrons. The summed E-state index contributed by atoms with van der Waals surface area (Å²) in [6.07, 6.45) is 0. The van der Waals surface area contributed by atoms with Gasteiger partial charge in [0.1, 0.15) is 5.75 Å². The van der Waals surface area contributed by atoms with E-state index in [-0.39, 0.29) is 24.2 Å². The number of carbonyl (C=O) groups excluding carboxylic acids is 1. The van der Waals surface area contributed by atoms with E-state index in [1.54, 1.807) is 36.4 Å². The number of alkyl halides is 2. The molecule has 0 unspecified atom stereocenters. The van der Waals surface area contributed by atoms with Crippen molar-refractivity contribution in [2.45, 2.75) is 12.7 Å². The zero-order valence-electron chi connectivity index (χ0n) is 15.3. The van der Waals surface area contributed by atoms with Crippen LogP contribution in [0.5, 0.6) is 5.75 Å². The fourth-order valence-corrected chi connectivity index (χ4v) is 3.05. The highest BCUT2D eigenvalue weighted by atomic mass is 35.5. The van der Waals surface area contributed by atoms with Crippen LogP contribution in [-0.4, -0.2) is 19.1 Å². The maximum atomic E-state index is 12.4. The third kappa shape index (κ3) is 6.01. The number of para-hydroxylation sites is 1. The Labute approximate surface area is 172 Å². The van der Waals surface area contributed by atoms with Crippen LogP contribution in [0.1, 0.15) is 17.2 Å². The average molecular weight is 417 g/mol. The minimum atomic E-state index is -2.88. The molecule has 1 amide bonds. The van der Waals surface area contributed by atoms with Gasteiger partial charge >= 0.3 is 6.61 Å². The molecule has 29 heavy (non-hydrogen) atoms. The van der Waals surface area contributed by atoms with Gasteiger partial charge in [-0.2, -0.15) is 8.78 Å². The van der Waals surface area contributed by atoms with Crippen LogP contribution >= 0.6 is 11.6 Å². The lowest BCUT2D eigenvalue weighted by Gasteiger charge is -2.20. The van der Waals surface area contributed by atoms with Crippen LogP contribution in [0.4, 0.5) is 14.5 Å². The van der Waals surface area contributed by atoms with Gasteiger partial charge in [0.25, 0.3) is 0 Å². The number of hydrogen-bond donors (Lipinski definition) is 2. The summed E-state index contributed by atoms with van der Waals surface area (Å²) >= 11 is 6.07. The molecule has 3 aromatic carbocycles. The van der Waals surface area contributed by atoms with Gasteiger partial charge < -0.3 is 10.1 Å². The van der Waals surface area contributed by atoms with E-state index in [9.17, 15) is 13.6 Å². The first kappa shape index (κ1) is 20.8. The average Bonchev–Trinajstić information content (AvgIpc) is 2.71. The van der Waals surface area contributed by atoms with Crippen LogP contribution in [0.15, 0.2) is 78.9 Å². The molecule has 0 heterocycles. The summed E-state index contributed by atoms with van der Waals surface area (Å²) in [6.45, 7) is -2.85. The van der Waals surface area contributed by atoms with Crippen LogP contribution in [0.2, 0.25) is 5.02 Å². The molecule has 3 aromatic rings. The highest BCUT2D eigenvalue weighted by Crippen LogP contribution is 2.25. The molecule has 0 aliphatic carbocycles. The van der Waals surface area contributed by atoms with E-state index in [0.29, 0.717) is 10.7 Å². The minimum Gasteiger partial charge on any atom is -0.435 e. The van der Waals surface area contributed by atoms with Crippen LogP contribution in [0.3, 0.4) is 0 Å². The maximum Gasteiger partial charge on any atom is 0.387 e. The molecule has 0 aliphatic rings. The molecule has 7 heteroatoms. The summed E-state index contributed by atoms with van der Waals surface area (Å²) in [5.41, 5.74) is 2.27. The quantitative estimate of drug-likeness (QED) is 0.526. The summed E-state index contributed by atoms with van der Waals surface area (Å²) < 4.78 is 29.1. The zero-order chi connectivity index (χ0) is 20.6. The SMILES string of the molecule is O=C(CN[C@H](c1ccccc1)c1ccc(OC(F)F)cc1)Nc1ccccc1Cl. The van der Waals surface area contributed by atoms with Crippen molar-refractivity contribution in [3.05, 3.63) is 95.0 Å². The van der Waals surface area contributed by atoms with Gasteiger partial charge in [0.15, 0.2) is 0 Å². The fourth-order valence-electron chi connectivity index (χ4n) is 2.87. The molecule has 0 aromatic heterocycles. The number of amides is 1. The maximum absolute atomic E-state index is 12.4. The van der Waals surface area contributed by atoms with Crippen molar-refractivity contribution in [1.29, 1.82) is 0 Å². The molecule has 1 atom stereocenters. The smallest absolute Gasteiger partial charge is 0.387 e. The third-order valence-corrected chi connectivity index (χ3v) is 4.52.